The molecular weight excluding hydrogens is 446 g/mol. The van der Waals surface area contributed by atoms with Gasteiger partial charge in [0.2, 0.25) is 10.0 Å². The molecule has 178 valence electrons. The lowest BCUT2D eigenvalue weighted by atomic mass is 9.87. The highest BCUT2D eigenvalue weighted by molar-refractivity contribution is 7.92. The molecule has 2 amide bonds. The minimum Gasteiger partial charge on any atom is -0.334 e. The average Bonchev–Trinajstić information content (AvgIpc) is 2.77. The molecule has 0 radical (unpaired) electrons. The van der Waals surface area contributed by atoms with Gasteiger partial charge in [-0.1, -0.05) is 81.5 Å². The Morgan fingerprint density at radius 1 is 0.912 bits per heavy atom. The van der Waals surface area contributed by atoms with Crippen LogP contribution in [0.4, 0.5) is 16.2 Å². The number of hydrogen-bond acceptors (Lipinski definition) is 3. The molecule has 0 heterocycles. The van der Waals surface area contributed by atoms with Crippen molar-refractivity contribution in [1.29, 1.82) is 0 Å². The van der Waals surface area contributed by atoms with Gasteiger partial charge in [0.15, 0.2) is 0 Å². The monoisotopic (exact) mass is 477 g/mol. The third-order valence-corrected chi connectivity index (χ3v) is 5.72. The van der Waals surface area contributed by atoms with Crippen molar-refractivity contribution in [1.82, 2.24) is 5.32 Å². The number of anilines is 2. The molecular formula is C27H31N3O3S. The lowest BCUT2D eigenvalue weighted by Gasteiger charge is -2.19. The van der Waals surface area contributed by atoms with Crippen molar-refractivity contribution in [3.63, 3.8) is 0 Å². The molecule has 0 bridgehead atoms. The highest BCUT2D eigenvalue weighted by Crippen LogP contribution is 2.24. The molecule has 0 fully saturated rings. The molecule has 0 aromatic heterocycles. The molecule has 0 aliphatic heterocycles. The summed E-state index contributed by atoms with van der Waals surface area (Å²) >= 11 is 0. The molecule has 0 atom stereocenters. The van der Waals surface area contributed by atoms with E-state index in [9.17, 15) is 13.2 Å². The van der Waals surface area contributed by atoms with Gasteiger partial charge in [-0.25, -0.2) is 13.2 Å². The summed E-state index contributed by atoms with van der Waals surface area (Å²) in [6.07, 6.45) is 4.88. The number of benzene rings is 3. The molecule has 3 rings (SSSR count). The number of carbonyl (C=O) groups is 1. The number of nitrogens with one attached hydrogen (secondary N) is 3. The van der Waals surface area contributed by atoms with Crippen LogP contribution in [0.1, 0.15) is 43.0 Å². The summed E-state index contributed by atoms with van der Waals surface area (Å²) < 4.78 is 26.1. The van der Waals surface area contributed by atoms with Crippen LogP contribution < -0.4 is 15.4 Å². The maximum Gasteiger partial charge on any atom is 0.319 e. The first-order chi connectivity index (χ1) is 16.0. The molecule has 7 heteroatoms. The molecule has 6 nitrogen and oxygen atoms in total. The van der Waals surface area contributed by atoms with E-state index >= 15 is 0 Å². The second-order valence-corrected chi connectivity index (χ2v) is 10.9. The Hall–Kier alpha value is -3.58. The van der Waals surface area contributed by atoms with Crippen molar-refractivity contribution in [2.45, 2.75) is 32.7 Å². The van der Waals surface area contributed by atoms with Gasteiger partial charge in [0.05, 0.1) is 11.9 Å². The molecule has 0 saturated heterocycles. The second-order valence-electron chi connectivity index (χ2n) is 9.17. The number of hydrogen-bond donors (Lipinski definition) is 3. The van der Waals surface area contributed by atoms with E-state index in [-0.39, 0.29) is 18.0 Å². The largest absolute Gasteiger partial charge is 0.334 e. The van der Waals surface area contributed by atoms with Crippen molar-refractivity contribution in [3.8, 4) is 0 Å². The van der Waals surface area contributed by atoms with Crippen LogP contribution in [0.5, 0.6) is 0 Å². The zero-order valence-corrected chi connectivity index (χ0v) is 20.7. The van der Waals surface area contributed by atoms with Crippen LogP contribution in [0.25, 0.3) is 12.2 Å². The van der Waals surface area contributed by atoms with Crippen LogP contribution >= 0.6 is 0 Å². The molecule has 3 N–H and O–H groups in total. The Morgan fingerprint density at radius 2 is 1.59 bits per heavy atom. The van der Waals surface area contributed by atoms with Crippen LogP contribution in [-0.2, 0) is 22.0 Å². The van der Waals surface area contributed by atoms with E-state index in [1.165, 1.54) is 5.56 Å². The van der Waals surface area contributed by atoms with E-state index in [4.69, 9.17) is 0 Å². The normalized spacial score (nSPS) is 11.9. The first kappa shape index (κ1) is 25.1. The molecule has 3 aromatic carbocycles. The van der Waals surface area contributed by atoms with Crippen LogP contribution in [0.3, 0.4) is 0 Å². The highest BCUT2D eigenvalue weighted by atomic mass is 32.2. The van der Waals surface area contributed by atoms with Crippen LogP contribution in [0.15, 0.2) is 72.8 Å². The summed E-state index contributed by atoms with van der Waals surface area (Å²) in [5, 5.41) is 5.69. The fourth-order valence-corrected chi connectivity index (χ4v) is 3.90. The predicted molar refractivity (Wildman–Crippen MR) is 141 cm³/mol. The van der Waals surface area contributed by atoms with E-state index in [1.807, 2.05) is 72.8 Å². The number of rotatable bonds is 7. The van der Waals surface area contributed by atoms with Crippen molar-refractivity contribution in [2.75, 3.05) is 16.3 Å². The van der Waals surface area contributed by atoms with Crippen molar-refractivity contribution in [2.24, 2.45) is 0 Å². The van der Waals surface area contributed by atoms with Gasteiger partial charge in [-0.3, -0.25) is 4.72 Å². The zero-order valence-electron chi connectivity index (χ0n) is 19.9. The van der Waals surface area contributed by atoms with Gasteiger partial charge in [0, 0.05) is 12.2 Å². The third kappa shape index (κ3) is 7.78. The number of amides is 2. The van der Waals surface area contributed by atoms with E-state index in [2.05, 4.69) is 36.1 Å². The maximum absolute atomic E-state index is 12.4. The van der Waals surface area contributed by atoms with Crippen molar-refractivity contribution >= 4 is 39.6 Å². The summed E-state index contributed by atoms with van der Waals surface area (Å²) in [6, 6.07) is 22.5. The Morgan fingerprint density at radius 3 is 2.21 bits per heavy atom. The minimum atomic E-state index is -3.43. The summed E-state index contributed by atoms with van der Waals surface area (Å²) in [7, 11) is -3.43. The fraction of sp³-hybridized carbons (Fsp3) is 0.222. The fourth-order valence-electron chi connectivity index (χ4n) is 3.31. The number of sulfonamides is 1. The lowest BCUT2D eigenvalue weighted by molar-refractivity contribution is 0.251. The minimum absolute atomic E-state index is 0.0472. The summed E-state index contributed by atoms with van der Waals surface area (Å²) in [4.78, 5) is 12.4. The maximum atomic E-state index is 12.4. The van der Waals surface area contributed by atoms with Gasteiger partial charge < -0.3 is 10.6 Å². The smallest absolute Gasteiger partial charge is 0.319 e. The lowest BCUT2D eigenvalue weighted by Crippen LogP contribution is -2.28. The van der Waals surface area contributed by atoms with Gasteiger partial charge in [0.25, 0.3) is 0 Å². The zero-order chi connectivity index (χ0) is 24.8. The second kappa shape index (κ2) is 10.6. The first-order valence-corrected chi connectivity index (χ1v) is 12.9. The van der Waals surface area contributed by atoms with E-state index in [1.54, 1.807) is 12.1 Å². The molecule has 3 aromatic rings. The van der Waals surface area contributed by atoms with E-state index < -0.39 is 10.0 Å². The Kier molecular flexibility index (Phi) is 7.79. The molecule has 0 spiro atoms. The Bertz CT molecular complexity index is 1260. The van der Waals surface area contributed by atoms with E-state index in [0.717, 1.165) is 17.4 Å². The first-order valence-electron chi connectivity index (χ1n) is 11.0. The third-order valence-electron chi connectivity index (χ3n) is 5.13. The number of carbonyl (C=O) groups excluding carboxylic acids is 1. The van der Waals surface area contributed by atoms with Gasteiger partial charge in [0.1, 0.15) is 0 Å². The van der Waals surface area contributed by atoms with Gasteiger partial charge >= 0.3 is 6.03 Å². The highest BCUT2D eigenvalue weighted by Gasteiger charge is 2.13. The number of urea groups is 1. The topological polar surface area (TPSA) is 87.3 Å². The Labute approximate surface area is 202 Å². The van der Waals surface area contributed by atoms with Gasteiger partial charge in [-0.2, -0.15) is 0 Å². The van der Waals surface area contributed by atoms with Gasteiger partial charge in [-0.05, 0) is 51.9 Å². The molecule has 0 aliphatic rings. The average molecular weight is 478 g/mol. The van der Waals surface area contributed by atoms with E-state index in [0.29, 0.717) is 16.9 Å². The van der Waals surface area contributed by atoms with Crippen LogP contribution in [0, 0.1) is 0 Å². The van der Waals surface area contributed by atoms with Gasteiger partial charge in [-0.15, -0.1) is 0 Å². The predicted octanol–water partition coefficient (Wildman–Crippen LogP) is 5.85. The summed E-state index contributed by atoms with van der Waals surface area (Å²) in [5.41, 5.74) is 4.96. The quantitative estimate of drug-likeness (QED) is 0.373. The summed E-state index contributed by atoms with van der Waals surface area (Å²) in [5.74, 6) is 0. The SMILES string of the molecule is CC(C)(C)c1ccc(NC(=O)NCc2ccc(NS(C)(=O)=O)c(C=Cc3ccccc3)c2)cc1. The van der Waals surface area contributed by atoms with Crippen molar-refractivity contribution < 1.29 is 13.2 Å². The standard InChI is InChI=1S/C27H31N3O3S/c1-27(2,3)23-13-15-24(16-14-23)29-26(31)28-19-21-11-17-25(30-34(4,32)33)22(18-21)12-10-20-8-6-5-7-9-20/h5-18,30H,19H2,1-4H3,(H2,28,29,31). The molecule has 34 heavy (non-hydrogen) atoms. The Balaban J connectivity index is 1.70. The molecule has 0 aliphatic carbocycles. The summed E-state index contributed by atoms with van der Waals surface area (Å²) in [6.45, 7) is 6.71. The molecule has 0 saturated carbocycles. The van der Waals surface area contributed by atoms with Crippen LogP contribution in [0.2, 0.25) is 0 Å². The van der Waals surface area contributed by atoms with Crippen molar-refractivity contribution in [3.05, 3.63) is 95.1 Å². The van der Waals surface area contributed by atoms with Crippen LogP contribution in [-0.4, -0.2) is 20.7 Å². The molecule has 0 unspecified atom stereocenters.